The first-order valence-electron chi connectivity index (χ1n) is 7.72. The Morgan fingerprint density at radius 1 is 0.920 bits per heavy atom. The van der Waals surface area contributed by atoms with Crippen molar-refractivity contribution in [2.45, 2.75) is 0 Å². The second-order valence-electron chi connectivity index (χ2n) is 5.31. The number of nitrogen functional groups attached to an aromatic ring is 1. The van der Waals surface area contributed by atoms with Crippen LogP contribution in [0.1, 0.15) is 15.9 Å². The van der Waals surface area contributed by atoms with E-state index in [0.717, 1.165) is 11.3 Å². The number of rotatable bonds is 5. The van der Waals surface area contributed by atoms with Crippen LogP contribution in [0.5, 0.6) is 11.5 Å². The van der Waals surface area contributed by atoms with Crippen molar-refractivity contribution in [2.24, 2.45) is 5.10 Å². The van der Waals surface area contributed by atoms with Gasteiger partial charge in [-0.2, -0.15) is 5.10 Å². The molecule has 3 aromatic carbocycles. The van der Waals surface area contributed by atoms with Crippen molar-refractivity contribution in [2.75, 3.05) is 5.73 Å². The summed E-state index contributed by atoms with van der Waals surface area (Å²) in [5, 5.41) is 3.98. The second-order valence-corrected chi connectivity index (χ2v) is 5.31. The van der Waals surface area contributed by atoms with Gasteiger partial charge < -0.3 is 10.5 Å². The number of nitrogens with two attached hydrogens (primary N) is 1. The molecule has 0 radical (unpaired) electrons. The third kappa shape index (κ3) is 4.68. The number of carbonyl (C=O) groups is 1. The first-order valence-corrected chi connectivity index (χ1v) is 7.72. The van der Waals surface area contributed by atoms with Gasteiger partial charge in [0.15, 0.2) is 0 Å². The molecule has 3 rings (SSSR count). The van der Waals surface area contributed by atoms with Gasteiger partial charge in [-0.1, -0.05) is 30.3 Å². The molecule has 0 aliphatic heterocycles. The lowest BCUT2D eigenvalue weighted by Gasteiger charge is -2.05. The van der Waals surface area contributed by atoms with Crippen LogP contribution in [0.3, 0.4) is 0 Å². The second kappa shape index (κ2) is 7.79. The van der Waals surface area contributed by atoms with Crippen LogP contribution in [-0.4, -0.2) is 12.1 Å². The Kier molecular flexibility index (Phi) is 5.07. The summed E-state index contributed by atoms with van der Waals surface area (Å²) < 4.78 is 5.77. The van der Waals surface area contributed by atoms with E-state index in [1.54, 1.807) is 30.5 Å². The van der Waals surface area contributed by atoms with E-state index in [2.05, 4.69) is 10.5 Å². The van der Waals surface area contributed by atoms with Crippen molar-refractivity contribution in [3.63, 3.8) is 0 Å². The first kappa shape index (κ1) is 16.3. The third-order valence-corrected chi connectivity index (χ3v) is 3.39. The molecule has 0 spiro atoms. The van der Waals surface area contributed by atoms with E-state index in [4.69, 9.17) is 10.5 Å². The lowest BCUT2D eigenvalue weighted by atomic mass is 10.2. The predicted octanol–water partition coefficient (Wildman–Crippen LogP) is 3.83. The Hall–Kier alpha value is -3.60. The van der Waals surface area contributed by atoms with Crippen LogP contribution in [0.25, 0.3) is 0 Å². The predicted molar refractivity (Wildman–Crippen MR) is 98.9 cm³/mol. The van der Waals surface area contributed by atoms with Crippen LogP contribution in [0.2, 0.25) is 0 Å². The van der Waals surface area contributed by atoms with Crippen molar-refractivity contribution in [3.8, 4) is 11.5 Å². The number of para-hydroxylation sites is 1. The Morgan fingerprint density at radius 3 is 2.40 bits per heavy atom. The van der Waals surface area contributed by atoms with Crippen molar-refractivity contribution in [1.29, 1.82) is 0 Å². The van der Waals surface area contributed by atoms with E-state index in [9.17, 15) is 4.79 Å². The van der Waals surface area contributed by atoms with Gasteiger partial charge in [-0.25, -0.2) is 5.43 Å². The fourth-order valence-electron chi connectivity index (χ4n) is 2.15. The standard InChI is InChI=1S/C20H17N3O2/c21-17-11-9-16(10-12-17)20(24)23-22-14-15-5-4-8-19(13-15)25-18-6-2-1-3-7-18/h1-14H,21H2,(H,23,24). The minimum atomic E-state index is -0.298. The minimum absolute atomic E-state index is 0.298. The zero-order chi connectivity index (χ0) is 17.5. The van der Waals surface area contributed by atoms with Gasteiger partial charge in [0.25, 0.3) is 5.91 Å². The van der Waals surface area contributed by atoms with Gasteiger partial charge in [-0.15, -0.1) is 0 Å². The molecule has 0 fully saturated rings. The van der Waals surface area contributed by atoms with Crippen molar-refractivity contribution in [1.82, 2.24) is 5.43 Å². The number of nitrogens with zero attached hydrogens (tertiary/aromatic N) is 1. The molecular weight excluding hydrogens is 314 g/mol. The zero-order valence-electron chi connectivity index (χ0n) is 13.4. The fraction of sp³-hybridized carbons (Fsp3) is 0. The van der Waals surface area contributed by atoms with Crippen molar-refractivity contribution >= 4 is 17.8 Å². The van der Waals surface area contributed by atoms with E-state index < -0.39 is 0 Å². The summed E-state index contributed by atoms with van der Waals surface area (Å²) in [6.07, 6.45) is 1.56. The molecule has 0 unspecified atom stereocenters. The van der Waals surface area contributed by atoms with E-state index in [0.29, 0.717) is 17.0 Å². The SMILES string of the molecule is Nc1ccc(C(=O)NN=Cc2cccc(Oc3ccccc3)c2)cc1. The molecular formula is C20H17N3O2. The Morgan fingerprint density at radius 2 is 1.64 bits per heavy atom. The largest absolute Gasteiger partial charge is 0.457 e. The highest BCUT2D eigenvalue weighted by Gasteiger charge is 2.03. The highest BCUT2D eigenvalue weighted by molar-refractivity contribution is 5.95. The highest BCUT2D eigenvalue weighted by atomic mass is 16.5. The summed E-state index contributed by atoms with van der Waals surface area (Å²) >= 11 is 0. The number of hydrogen-bond donors (Lipinski definition) is 2. The maximum atomic E-state index is 12.0. The monoisotopic (exact) mass is 331 g/mol. The molecule has 3 aromatic rings. The van der Waals surface area contributed by atoms with E-state index >= 15 is 0 Å². The summed E-state index contributed by atoms with van der Waals surface area (Å²) in [6, 6.07) is 23.6. The molecule has 0 heterocycles. The van der Waals surface area contributed by atoms with Gasteiger partial charge >= 0.3 is 0 Å². The summed E-state index contributed by atoms with van der Waals surface area (Å²) in [5.41, 5.74) is 10.00. The molecule has 0 atom stereocenters. The average Bonchev–Trinajstić information content (AvgIpc) is 2.63. The molecule has 0 aliphatic carbocycles. The van der Waals surface area contributed by atoms with Gasteiger partial charge in [-0.3, -0.25) is 4.79 Å². The lowest BCUT2D eigenvalue weighted by molar-refractivity contribution is 0.0955. The van der Waals surface area contributed by atoms with Gasteiger partial charge in [0.1, 0.15) is 11.5 Å². The molecule has 1 amide bonds. The maximum absolute atomic E-state index is 12.0. The Balaban J connectivity index is 1.62. The fourth-order valence-corrected chi connectivity index (χ4v) is 2.15. The van der Waals surface area contributed by atoms with Crippen LogP contribution in [-0.2, 0) is 0 Å². The average molecular weight is 331 g/mol. The maximum Gasteiger partial charge on any atom is 0.271 e. The third-order valence-electron chi connectivity index (χ3n) is 3.39. The molecule has 0 aliphatic rings. The summed E-state index contributed by atoms with van der Waals surface area (Å²) in [7, 11) is 0. The van der Waals surface area contributed by atoms with Crippen molar-refractivity contribution < 1.29 is 9.53 Å². The molecule has 5 heteroatoms. The summed E-state index contributed by atoms with van der Waals surface area (Å²) in [4.78, 5) is 12.0. The summed E-state index contributed by atoms with van der Waals surface area (Å²) in [6.45, 7) is 0. The van der Waals surface area contributed by atoms with E-state index in [1.165, 1.54) is 0 Å². The normalized spacial score (nSPS) is 10.6. The highest BCUT2D eigenvalue weighted by Crippen LogP contribution is 2.21. The number of nitrogens with one attached hydrogen (secondary N) is 1. The molecule has 0 bridgehead atoms. The first-order chi connectivity index (χ1) is 12.2. The van der Waals surface area contributed by atoms with E-state index in [-0.39, 0.29) is 5.91 Å². The Labute approximate surface area is 145 Å². The Bertz CT molecular complexity index is 875. The van der Waals surface area contributed by atoms with Gasteiger partial charge in [0, 0.05) is 11.3 Å². The van der Waals surface area contributed by atoms with Gasteiger partial charge in [0.05, 0.1) is 6.21 Å². The van der Waals surface area contributed by atoms with Crippen LogP contribution in [0, 0.1) is 0 Å². The molecule has 5 nitrogen and oxygen atoms in total. The number of hydrogen-bond acceptors (Lipinski definition) is 4. The number of hydrazone groups is 1. The number of ether oxygens (including phenoxy) is 1. The topological polar surface area (TPSA) is 76.7 Å². The quantitative estimate of drug-likeness (QED) is 0.424. The molecule has 3 N–H and O–H groups in total. The van der Waals surface area contributed by atoms with Crippen molar-refractivity contribution in [3.05, 3.63) is 90.0 Å². The lowest BCUT2D eigenvalue weighted by Crippen LogP contribution is -2.17. The number of amides is 1. The summed E-state index contributed by atoms with van der Waals surface area (Å²) in [5.74, 6) is 1.15. The molecule has 0 aromatic heterocycles. The van der Waals surface area contributed by atoms with Crippen LogP contribution in [0.4, 0.5) is 5.69 Å². The molecule has 124 valence electrons. The van der Waals surface area contributed by atoms with Crippen LogP contribution in [0.15, 0.2) is 84.0 Å². The number of anilines is 1. The molecule has 0 saturated carbocycles. The number of carbonyl (C=O) groups excluding carboxylic acids is 1. The molecule has 25 heavy (non-hydrogen) atoms. The minimum Gasteiger partial charge on any atom is -0.457 e. The van der Waals surface area contributed by atoms with Gasteiger partial charge in [-0.05, 0) is 54.1 Å². The number of benzene rings is 3. The van der Waals surface area contributed by atoms with Crippen LogP contribution >= 0.6 is 0 Å². The zero-order valence-corrected chi connectivity index (χ0v) is 13.4. The smallest absolute Gasteiger partial charge is 0.271 e. The van der Waals surface area contributed by atoms with Crippen LogP contribution < -0.4 is 15.9 Å². The molecule has 0 saturated heterocycles. The van der Waals surface area contributed by atoms with E-state index in [1.807, 2.05) is 54.6 Å². The van der Waals surface area contributed by atoms with Gasteiger partial charge in [0.2, 0.25) is 0 Å².